The summed E-state index contributed by atoms with van der Waals surface area (Å²) in [5.41, 5.74) is 14.3. The topological polar surface area (TPSA) is 114 Å². The van der Waals surface area contributed by atoms with Crippen LogP contribution in [-0.4, -0.2) is 37.7 Å². The average molecular weight is 529 g/mol. The number of anilines is 2. The summed E-state index contributed by atoms with van der Waals surface area (Å²) in [6, 6.07) is 16.8. The van der Waals surface area contributed by atoms with Crippen LogP contribution in [0.15, 0.2) is 72.8 Å². The second kappa shape index (κ2) is 13.7. The lowest BCUT2D eigenvalue weighted by atomic mass is 10.1. The van der Waals surface area contributed by atoms with Crippen molar-refractivity contribution in [3.05, 3.63) is 89.5 Å². The first-order valence-electron chi connectivity index (χ1n) is 11.7. The monoisotopic (exact) mass is 528 g/mol. The molecule has 3 rings (SSSR count). The summed E-state index contributed by atoms with van der Waals surface area (Å²) in [4.78, 5) is 24.3. The number of halogens is 3. The number of nitrogens with two attached hydrogens (primary N) is 2. The number of esters is 2. The van der Waals surface area contributed by atoms with Crippen LogP contribution in [0.4, 0.5) is 24.5 Å². The lowest BCUT2D eigenvalue weighted by Gasteiger charge is -2.14. The van der Waals surface area contributed by atoms with E-state index in [9.17, 15) is 22.8 Å². The molecule has 0 radical (unpaired) electrons. The van der Waals surface area contributed by atoms with Crippen molar-refractivity contribution in [2.45, 2.75) is 25.4 Å². The second-order valence-corrected chi connectivity index (χ2v) is 8.15. The lowest BCUT2D eigenvalue weighted by Crippen LogP contribution is -2.24. The predicted molar refractivity (Wildman–Crippen MR) is 138 cm³/mol. The first-order valence-corrected chi connectivity index (χ1v) is 11.7. The molecule has 0 fully saturated rings. The van der Waals surface area contributed by atoms with E-state index in [-0.39, 0.29) is 23.7 Å². The van der Waals surface area contributed by atoms with Gasteiger partial charge >= 0.3 is 11.9 Å². The average Bonchev–Trinajstić information content (AvgIpc) is 2.90. The van der Waals surface area contributed by atoms with Gasteiger partial charge in [-0.2, -0.15) is 4.39 Å². The number of nitrogen functional groups attached to an aromatic ring is 2. The van der Waals surface area contributed by atoms with Gasteiger partial charge in [-0.05, 0) is 65.7 Å². The first-order chi connectivity index (χ1) is 18.2. The molecule has 4 N–H and O–H groups in total. The highest BCUT2D eigenvalue weighted by atomic mass is 19.2. The summed E-state index contributed by atoms with van der Waals surface area (Å²) in [7, 11) is 0. The number of rotatable bonds is 12. The molecular weight excluding hydrogens is 501 g/mol. The van der Waals surface area contributed by atoms with Gasteiger partial charge in [-0.1, -0.05) is 18.2 Å². The fraction of sp³-hybridized carbons (Fsp3) is 0.214. The van der Waals surface area contributed by atoms with Crippen molar-refractivity contribution < 1.29 is 37.0 Å². The van der Waals surface area contributed by atoms with Crippen LogP contribution >= 0.6 is 0 Å². The van der Waals surface area contributed by atoms with E-state index in [0.717, 1.165) is 5.56 Å². The number of hydrogen-bond donors (Lipinski definition) is 2. The largest absolute Gasteiger partial charge is 0.462 e. The van der Waals surface area contributed by atoms with Gasteiger partial charge in [-0.3, -0.25) is 4.39 Å². The number of hydrogen-bond acceptors (Lipinski definition) is 7. The van der Waals surface area contributed by atoms with Crippen molar-refractivity contribution in [3.8, 4) is 11.5 Å². The summed E-state index contributed by atoms with van der Waals surface area (Å²) in [6.45, 7) is -0.842. The van der Waals surface area contributed by atoms with Crippen LogP contribution < -0.4 is 20.9 Å². The van der Waals surface area contributed by atoms with Crippen molar-refractivity contribution in [2.24, 2.45) is 0 Å². The minimum atomic E-state index is -2.31. The molecule has 10 heteroatoms. The zero-order valence-corrected chi connectivity index (χ0v) is 20.3. The Labute approximate surface area is 217 Å². The fourth-order valence-electron chi connectivity index (χ4n) is 3.24. The molecule has 0 aromatic heterocycles. The van der Waals surface area contributed by atoms with Gasteiger partial charge in [0.1, 0.15) is 11.5 Å². The van der Waals surface area contributed by atoms with Crippen LogP contribution in [0.5, 0.6) is 11.5 Å². The maximum atomic E-state index is 13.6. The SMILES string of the molecule is Nc1ccc(CCOC(=O)/C=C/c2ccc(OC(=O)c3ccc(OC(F)C(F)CCF)cc3)cc2)c(N)c1. The molecule has 0 aliphatic carbocycles. The van der Waals surface area contributed by atoms with E-state index in [2.05, 4.69) is 0 Å². The van der Waals surface area contributed by atoms with E-state index in [1.165, 1.54) is 30.3 Å². The number of carbonyl (C=O) groups is 2. The summed E-state index contributed by atoms with van der Waals surface area (Å²) in [5, 5.41) is 0. The number of benzene rings is 3. The second-order valence-electron chi connectivity index (χ2n) is 8.15. The smallest absolute Gasteiger partial charge is 0.343 e. The van der Waals surface area contributed by atoms with Gasteiger partial charge in [0.25, 0.3) is 6.36 Å². The quantitative estimate of drug-likeness (QED) is 0.143. The highest BCUT2D eigenvalue weighted by Gasteiger charge is 2.22. The fourth-order valence-corrected chi connectivity index (χ4v) is 3.24. The van der Waals surface area contributed by atoms with E-state index in [4.69, 9.17) is 25.7 Å². The molecule has 7 nitrogen and oxygen atoms in total. The zero-order valence-electron chi connectivity index (χ0n) is 20.3. The zero-order chi connectivity index (χ0) is 27.5. The molecule has 0 heterocycles. The minimum absolute atomic E-state index is 0.0143. The molecule has 0 bridgehead atoms. The Bertz CT molecular complexity index is 1250. The third-order valence-corrected chi connectivity index (χ3v) is 5.30. The van der Waals surface area contributed by atoms with Gasteiger partial charge in [0.2, 0.25) is 0 Å². The van der Waals surface area contributed by atoms with Gasteiger partial charge in [0.15, 0.2) is 6.17 Å². The molecule has 0 amide bonds. The van der Waals surface area contributed by atoms with Crippen LogP contribution in [0.2, 0.25) is 0 Å². The summed E-state index contributed by atoms with van der Waals surface area (Å²) in [5.74, 6) is -0.959. The highest BCUT2D eigenvalue weighted by Crippen LogP contribution is 2.20. The predicted octanol–water partition coefficient (Wildman–Crippen LogP) is 5.24. The van der Waals surface area contributed by atoms with Crippen LogP contribution in [0, 0.1) is 0 Å². The first kappa shape index (κ1) is 28.1. The van der Waals surface area contributed by atoms with Crippen molar-refractivity contribution in [2.75, 3.05) is 24.7 Å². The van der Waals surface area contributed by atoms with Gasteiger partial charge in [-0.25, -0.2) is 14.0 Å². The van der Waals surface area contributed by atoms with Crippen molar-refractivity contribution in [1.29, 1.82) is 0 Å². The van der Waals surface area contributed by atoms with Crippen LogP contribution in [0.25, 0.3) is 6.08 Å². The molecule has 0 saturated carbocycles. The maximum Gasteiger partial charge on any atom is 0.343 e. The van der Waals surface area contributed by atoms with E-state index in [1.54, 1.807) is 48.5 Å². The highest BCUT2D eigenvalue weighted by molar-refractivity contribution is 5.91. The van der Waals surface area contributed by atoms with Gasteiger partial charge in [-0.15, -0.1) is 0 Å². The summed E-state index contributed by atoms with van der Waals surface area (Å²) >= 11 is 0. The van der Waals surface area contributed by atoms with Crippen LogP contribution in [0.3, 0.4) is 0 Å². The molecule has 200 valence electrons. The normalized spacial score (nSPS) is 12.6. The maximum absolute atomic E-state index is 13.6. The van der Waals surface area contributed by atoms with Crippen LogP contribution in [0.1, 0.15) is 27.9 Å². The Hall–Kier alpha value is -4.47. The summed E-state index contributed by atoms with van der Waals surface area (Å²) in [6.07, 6.45) is -1.72. The van der Waals surface area contributed by atoms with Crippen LogP contribution in [-0.2, 0) is 16.0 Å². The molecule has 2 unspecified atom stereocenters. The molecule has 0 aliphatic heterocycles. The van der Waals surface area contributed by atoms with E-state index in [0.29, 0.717) is 23.4 Å². The molecule has 2 atom stereocenters. The molecule has 38 heavy (non-hydrogen) atoms. The minimum Gasteiger partial charge on any atom is -0.462 e. The third-order valence-electron chi connectivity index (χ3n) is 5.30. The van der Waals surface area contributed by atoms with E-state index < -0.39 is 37.6 Å². The molecule has 3 aromatic rings. The van der Waals surface area contributed by atoms with Crippen molar-refractivity contribution in [3.63, 3.8) is 0 Å². The molecule has 0 aliphatic rings. The number of carbonyl (C=O) groups excluding carboxylic acids is 2. The molecule has 3 aromatic carbocycles. The molecule has 0 spiro atoms. The lowest BCUT2D eigenvalue weighted by molar-refractivity contribution is -0.137. The Kier molecular flexibility index (Phi) is 10.2. The Morgan fingerprint density at radius 2 is 1.61 bits per heavy atom. The van der Waals surface area contributed by atoms with Crippen molar-refractivity contribution in [1.82, 2.24) is 0 Å². The molecule has 0 saturated heterocycles. The number of ether oxygens (including phenoxy) is 3. The van der Waals surface area contributed by atoms with E-state index >= 15 is 0 Å². The van der Waals surface area contributed by atoms with Crippen molar-refractivity contribution >= 4 is 29.4 Å². The Balaban J connectivity index is 1.45. The van der Waals surface area contributed by atoms with Gasteiger partial charge in [0.05, 0.1) is 18.8 Å². The Morgan fingerprint density at radius 1 is 0.921 bits per heavy atom. The third kappa shape index (κ3) is 8.58. The summed E-state index contributed by atoms with van der Waals surface area (Å²) < 4.78 is 54.3. The van der Waals surface area contributed by atoms with E-state index in [1.807, 2.05) is 0 Å². The van der Waals surface area contributed by atoms with Gasteiger partial charge in [0, 0.05) is 30.3 Å². The number of alkyl halides is 3. The Morgan fingerprint density at radius 3 is 2.26 bits per heavy atom. The van der Waals surface area contributed by atoms with Gasteiger partial charge < -0.3 is 25.7 Å². The molecular formula is C28H27F3N2O5. The standard InChI is InChI=1S/C28H27F3N2O5/c29-15-13-24(30)27(31)37-22-10-5-20(6-11-22)28(35)38-23-8-1-18(2-9-23)3-12-26(34)36-16-14-19-4-7-21(32)17-25(19)33/h1-12,17,24,27H,13-16,32-33H2/b12-3+.